The van der Waals surface area contributed by atoms with Crippen molar-refractivity contribution >= 4 is 50.7 Å². The molecule has 7 nitrogen and oxygen atoms in total. The van der Waals surface area contributed by atoms with Gasteiger partial charge in [0, 0.05) is 13.1 Å². The summed E-state index contributed by atoms with van der Waals surface area (Å²) in [4.78, 5) is 28.0. The van der Waals surface area contributed by atoms with Gasteiger partial charge in [0.05, 0.1) is 22.0 Å². The molecule has 0 unspecified atom stereocenters. The minimum absolute atomic E-state index is 0.0652. The van der Waals surface area contributed by atoms with Crippen LogP contribution in [0.25, 0.3) is 0 Å². The minimum Gasteiger partial charge on any atom is -0.354 e. The highest BCUT2D eigenvalue weighted by molar-refractivity contribution is 7.92. The van der Waals surface area contributed by atoms with Gasteiger partial charge in [0.1, 0.15) is 12.6 Å². The number of nitrogens with zero attached hydrogens (tertiary/aromatic N) is 2. The molecule has 2 aromatic rings. The molecular formula is C24H31Cl2N3O4S. The summed E-state index contributed by atoms with van der Waals surface area (Å²) in [5.41, 5.74) is 1.04. The lowest BCUT2D eigenvalue weighted by molar-refractivity contribution is -0.140. The van der Waals surface area contributed by atoms with Crippen LogP contribution in [0.2, 0.25) is 10.0 Å². The van der Waals surface area contributed by atoms with Crippen LogP contribution in [-0.4, -0.2) is 50.5 Å². The van der Waals surface area contributed by atoms with E-state index in [0.29, 0.717) is 34.3 Å². The number of anilines is 1. The SMILES string of the molecule is CC[C@@H](C(=O)NCC(C)C)N(Cc1ccc(Cl)c(Cl)c1)C(=O)CN(c1ccccc1)S(C)(=O)=O. The summed E-state index contributed by atoms with van der Waals surface area (Å²) in [6.07, 6.45) is 1.39. The Kier molecular flexibility index (Phi) is 10.2. The molecule has 2 aromatic carbocycles. The van der Waals surface area contributed by atoms with E-state index in [0.717, 1.165) is 10.6 Å². The Morgan fingerprint density at radius 1 is 1.03 bits per heavy atom. The van der Waals surface area contributed by atoms with Crippen molar-refractivity contribution in [1.29, 1.82) is 0 Å². The molecule has 0 bridgehead atoms. The van der Waals surface area contributed by atoms with E-state index in [-0.39, 0.29) is 18.4 Å². The topological polar surface area (TPSA) is 86.8 Å². The Bertz CT molecular complexity index is 1090. The number of nitrogens with one attached hydrogen (secondary N) is 1. The van der Waals surface area contributed by atoms with E-state index in [2.05, 4.69) is 5.32 Å². The third-order valence-corrected chi connectivity index (χ3v) is 7.01. The fourth-order valence-electron chi connectivity index (χ4n) is 3.38. The molecule has 0 aliphatic carbocycles. The van der Waals surface area contributed by atoms with Gasteiger partial charge in [-0.15, -0.1) is 0 Å². The summed E-state index contributed by atoms with van der Waals surface area (Å²) in [5.74, 6) is -0.568. The highest BCUT2D eigenvalue weighted by Gasteiger charge is 2.31. The quantitative estimate of drug-likeness (QED) is 0.470. The third-order valence-electron chi connectivity index (χ3n) is 5.13. The number of carbonyl (C=O) groups excluding carboxylic acids is 2. The largest absolute Gasteiger partial charge is 0.354 e. The van der Waals surface area contributed by atoms with Gasteiger partial charge in [-0.1, -0.05) is 68.2 Å². The summed E-state index contributed by atoms with van der Waals surface area (Å²) in [5, 5.41) is 3.58. The van der Waals surface area contributed by atoms with Crippen LogP contribution < -0.4 is 9.62 Å². The Labute approximate surface area is 212 Å². The van der Waals surface area contributed by atoms with Crippen molar-refractivity contribution in [2.45, 2.75) is 39.8 Å². The van der Waals surface area contributed by atoms with Crippen molar-refractivity contribution in [1.82, 2.24) is 10.2 Å². The smallest absolute Gasteiger partial charge is 0.244 e. The van der Waals surface area contributed by atoms with Crippen molar-refractivity contribution in [2.24, 2.45) is 5.92 Å². The average Bonchev–Trinajstić information content (AvgIpc) is 2.77. The normalized spacial score (nSPS) is 12.3. The lowest BCUT2D eigenvalue weighted by atomic mass is 10.1. The van der Waals surface area contributed by atoms with Crippen molar-refractivity contribution < 1.29 is 18.0 Å². The van der Waals surface area contributed by atoms with Crippen LogP contribution in [0.3, 0.4) is 0 Å². The molecule has 0 heterocycles. The number of amides is 2. The van der Waals surface area contributed by atoms with Crippen LogP contribution in [0.4, 0.5) is 5.69 Å². The minimum atomic E-state index is -3.76. The number of benzene rings is 2. The van der Waals surface area contributed by atoms with Gasteiger partial charge in [0.25, 0.3) is 0 Å². The highest BCUT2D eigenvalue weighted by atomic mass is 35.5. The van der Waals surface area contributed by atoms with Gasteiger partial charge in [-0.2, -0.15) is 0 Å². The lowest BCUT2D eigenvalue weighted by Gasteiger charge is -2.33. The van der Waals surface area contributed by atoms with Gasteiger partial charge >= 0.3 is 0 Å². The second kappa shape index (κ2) is 12.4. The zero-order valence-corrected chi connectivity index (χ0v) is 22.1. The lowest BCUT2D eigenvalue weighted by Crippen LogP contribution is -2.52. The molecule has 0 saturated heterocycles. The van der Waals surface area contributed by atoms with Crippen LogP contribution in [-0.2, 0) is 26.2 Å². The Morgan fingerprint density at radius 3 is 2.21 bits per heavy atom. The first-order valence-corrected chi connectivity index (χ1v) is 13.6. The van der Waals surface area contributed by atoms with Gasteiger partial charge in [-0.3, -0.25) is 13.9 Å². The van der Waals surface area contributed by atoms with E-state index in [1.807, 2.05) is 13.8 Å². The molecule has 0 saturated carbocycles. The van der Waals surface area contributed by atoms with Crippen molar-refractivity contribution in [2.75, 3.05) is 23.7 Å². The van der Waals surface area contributed by atoms with Gasteiger partial charge in [0.2, 0.25) is 21.8 Å². The number of hydrogen-bond donors (Lipinski definition) is 1. The summed E-state index contributed by atoms with van der Waals surface area (Å²) in [6, 6.07) is 12.6. The van der Waals surface area contributed by atoms with Crippen molar-refractivity contribution in [3.63, 3.8) is 0 Å². The monoisotopic (exact) mass is 527 g/mol. The van der Waals surface area contributed by atoms with Crippen LogP contribution in [0.5, 0.6) is 0 Å². The first-order valence-electron chi connectivity index (χ1n) is 11.0. The van der Waals surface area contributed by atoms with Crippen molar-refractivity contribution in [3.05, 3.63) is 64.1 Å². The van der Waals surface area contributed by atoms with Crippen LogP contribution in [0.15, 0.2) is 48.5 Å². The Morgan fingerprint density at radius 2 is 1.68 bits per heavy atom. The molecule has 2 rings (SSSR count). The maximum absolute atomic E-state index is 13.6. The van der Waals surface area contributed by atoms with E-state index in [1.165, 1.54) is 4.90 Å². The molecular weight excluding hydrogens is 497 g/mol. The standard InChI is InChI=1S/C24H31Cl2N3O4S/c1-5-22(24(31)27-14-17(2)3)28(15-18-11-12-20(25)21(26)13-18)23(30)16-29(34(4,32)33)19-9-7-6-8-10-19/h6-13,17,22H,5,14-16H2,1-4H3,(H,27,31)/t22-/m0/s1. The molecule has 1 N–H and O–H groups in total. The fourth-order valence-corrected chi connectivity index (χ4v) is 4.55. The average molecular weight is 529 g/mol. The van der Waals surface area contributed by atoms with Gasteiger partial charge in [-0.25, -0.2) is 8.42 Å². The molecule has 186 valence electrons. The molecule has 0 aliphatic rings. The number of carbonyl (C=O) groups is 2. The number of sulfonamides is 1. The molecule has 10 heteroatoms. The van der Waals surface area contributed by atoms with E-state index in [1.54, 1.807) is 55.5 Å². The van der Waals surface area contributed by atoms with Crippen molar-refractivity contribution in [3.8, 4) is 0 Å². The molecule has 1 atom stereocenters. The number of hydrogen-bond acceptors (Lipinski definition) is 4. The first-order chi connectivity index (χ1) is 15.9. The summed E-state index contributed by atoms with van der Waals surface area (Å²) in [6.45, 7) is 5.84. The van der Waals surface area contributed by atoms with Gasteiger partial charge < -0.3 is 10.2 Å². The van der Waals surface area contributed by atoms with E-state index in [9.17, 15) is 18.0 Å². The second-order valence-corrected chi connectivity index (χ2v) is 11.2. The maximum atomic E-state index is 13.6. The third kappa shape index (κ3) is 7.89. The number of para-hydroxylation sites is 1. The predicted octanol–water partition coefficient (Wildman–Crippen LogP) is 4.34. The molecule has 2 amide bonds. The van der Waals surface area contributed by atoms with E-state index >= 15 is 0 Å². The van der Waals surface area contributed by atoms with E-state index in [4.69, 9.17) is 23.2 Å². The maximum Gasteiger partial charge on any atom is 0.244 e. The van der Waals surface area contributed by atoms with E-state index < -0.39 is 28.5 Å². The highest BCUT2D eigenvalue weighted by Crippen LogP contribution is 2.25. The molecule has 0 spiro atoms. The molecule has 0 fully saturated rings. The number of halogens is 2. The van der Waals surface area contributed by atoms with Crippen LogP contribution in [0, 0.1) is 5.92 Å². The van der Waals surface area contributed by atoms with Gasteiger partial charge in [0.15, 0.2) is 0 Å². The summed E-state index contributed by atoms with van der Waals surface area (Å²) >= 11 is 12.2. The zero-order chi connectivity index (χ0) is 25.5. The summed E-state index contributed by atoms with van der Waals surface area (Å²) < 4.78 is 26.1. The second-order valence-electron chi connectivity index (χ2n) is 8.44. The zero-order valence-electron chi connectivity index (χ0n) is 19.8. The Balaban J connectivity index is 2.42. The number of rotatable bonds is 11. The Hall–Kier alpha value is -2.29. The fraction of sp³-hybridized carbons (Fsp3) is 0.417. The predicted molar refractivity (Wildman–Crippen MR) is 138 cm³/mol. The molecule has 0 aromatic heterocycles. The molecule has 0 aliphatic heterocycles. The van der Waals surface area contributed by atoms with Gasteiger partial charge in [-0.05, 0) is 42.2 Å². The summed E-state index contributed by atoms with van der Waals surface area (Å²) in [7, 11) is -3.76. The van der Waals surface area contributed by atoms with Crippen LogP contribution in [0.1, 0.15) is 32.8 Å². The molecule has 34 heavy (non-hydrogen) atoms. The first kappa shape index (κ1) is 28.0. The molecule has 0 radical (unpaired) electrons. The van der Waals surface area contributed by atoms with Crippen LogP contribution >= 0.6 is 23.2 Å².